The fourth-order valence-electron chi connectivity index (χ4n) is 6.78. The van der Waals surface area contributed by atoms with Gasteiger partial charge < -0.3 is 44.6 Å². The Balaban J connectivity index is 2.65. The van der Waals surface area contributed by atoms with Crippen LogP contribution in [0, 0.1) is 0 Å². The first kappa shape index (κ1) is 61.4. The van der Waals surface area contributed by atoms with Crippen molar-refractivity contribution in [3.63, 3.8) is 0 Å². The molecule has 66 heavy (non-hydrogen) atoms. The van der Waals surface area contributed by atoms with Gasteiger partial charge in [0, 0.05) is 19.3 Å². The Morgan fingerprint density at radius 3 is 1.59 bits per heavy atom. The number of phosphoric ester groups is 2. The van der Waals surface area contributed by atoms with E-state index in [9.17, 15) is 58.6 Å². The Bertz CT molecular complexity index is 1570. The lowest BCUT2D eigenvalue weighted by Gasteiger charge is -2.43. The second-order valence-electron chi connectivity index (χ2n) is 16.5. The van der Waals surface area contributed by atoms with E-state index in [2.05, 4.69) is 60.9 Å². The summed E-state index contributed by atoms with van der Waals surface area (Å²) < 4.78 is 49.3. The van der Waals surface area contributed by atoms with Crippen LogP contribution in [0.5, 0.6) is 0 Å². The summed E-state index contributed by atoms with van der Waals surface area (Å²) in [5.41, 5.74) is 0. The van der Waals surface area contributed by atoms with E-state index < -0.39 is 83.5 Å². The fourth-order valence-corrected chi connectivity index (χ4v) is 8.32. The quantitative estimate of drug-likeness (QED) is 0.00763. The van der Waals surface area contributed by atoms with E-state index in [1.165, 1.54) is 25.7 Å². The summed E-state index contributed by atoms with van der Waals surface area (Å²) in [7, 11) is -10.7. The Morgan fingerprint density at radius 1 is 0.530 bits per heavy atom. The largest absolute Gasteiger partial charge is 0.472 e. The first-order chi connectivity index (χ1) is 31.5. The van der Waals surface area contributed by atoms with Crippen LogP contribution >= 0.6 is 15.6 Å². The van der Waals surface area contributed by atoms with Crippen molar-refractivity contribution < 1.29 is 81.7 Å². The van der Waals surface area contributed by atoms with E-state index in [0.29, 0.717) is 25.7 Å². The zero-order valence-electron chi connectivity index (χ0n) is 39.1. The summed E-state index contributed by atoms with van der Waals surface area (Å²) >= 11 is 0. The highest BCUT2D eigenvalue weighted by molar-refractivity contribution is 7.47. The third-order valence-electron chi connectivity index (χ3n) is 10.5. The van der Waals surface area contributed by atoms with Crippen LogP contribution in [0.2, 0.25) is 0 Å². The minimum atomic E-state index is -5.38. The van der Waals surface area contributed by atoms with Crippen molar-refractivity contribution in [3.8, 4) is 0 Å². The van der Waals surface area contributed by atoms with E-state index in [0.717, 1.165) is 83.5 Å². The number of unbranched alkanes of at least 4 members (excludes halogenated alkanes) is 14. The number of ether oxygens (including phenoxy) is 2. The number of ketones is 1. The summed E-state index contributed by atoms with van der Waals surface area (Å²) in [4.78, 5) is 66.4. The smallest absolute Gasteiger partial charge is 0.462 e. The maximum Gasteiger partial charge on any atom is 0.472 e. The van der Waals surface area contributed by atoms with Gasteiger partial charge >= 0.3 is 27.6 Å². The molecule has 0 saturated heterocycles. The first-order valence-electron chi connectivity index (χ1n) is 23.8. The summed E-state index contributed by atoms with van der Waals surface area (Å²) in [6, 6.07) is 0. The summed E-state index contributed by atoms with van der Waals surface area (Å²) in [5.74, 6) is -1.27. The number of carbonyl (C=O) groups excluding carboxylic acids is 3. The highest BCUT2D eigenvalue weighted by Crippen LogP contribution is 2.49. The molecule has 0 radical (unpaired) electrons. The van der Waals surface area contributed by atoms with Gasteiger partial charge in [-0.2, -0.15) is 0 Å². The van der Waals surface area contributed by atoms with Crippen LogP contribution < -0.4 is 0 Å². The molecular formula is C47H80O17P2. The van der Waals surface area contributed by atoms with Gasteiger partial charge in [0.1, 0.15) is 43.2 Å². The SMILES string of the molecule is CCCCC/C=C\C=C\C(=O)CCCCCCCC(=O)OC[C@H](COP(=O)(O)O[C@H]1C(O)C(O)C(O)[C@@H](OP(=O)(O)O)C1O)OC(=O)CCCCCC/C=C\C/C=C\C/C=C\CCCCC. The van der Waals surface area contributed by atoms with E-state index in [4.69, 9.17) is 18.5 Å². The maximum absolute atomic E-state index is 13.0. The molecule has 1 saturated carbocycles. The van der Waals surface area contributed by atoms with Crippen LogP contribution in [0.3, 0.4) is 0 Å². The summed E-state index contributed by atoms with van der Waals surface area (Å²) in [6.45, 7) is 2.90. The number of allylic oxidation sites excluding steroid dienone is 10. The van der Waals surface area contributed by atoms with E-state index in [1.54, 1.807) is 12.2 Å². The molecule has 1 aliphatic carbocycles. The molecule has 19 heteroatoms. The van der Waals surface area contributed by atoms with Gasteiger partial charge in [-0.15, -0.1) is 0 Å². The molecule has 1 aliphatic rings. The molecule has 7 N–H and O–H groups in total. The van der Waals surface area contributed by atoms with Crippen molar-refractivity contribution in [3.05, 3.63) is 60.8 Å². The lowest BCUT2D eigenvalue weighted by atomic mass is 9.85. The standard InChI is InChI=1S/C47H80O17P2/c1-3-5-7-9-11-12-13-14-15-16-17-18-19-20-22-26-31-35-41(50)62-39(36-60-40(49)34-30-27-23-25-29-33-38(48)32-28-24-21-10-8-6-4-2)37-61-66(58,59)64-47-44(53)42(51)43(52)46(45(47)54)63-65(55,56)57/h11-12,14-15,17-18,21,24,28,32,39,42-47,51-54H,3-10,13,16,19-20,22-23,25-27,29-31,33-37H2,1-2H3,(H,58,59)(H2,55,56,57)/b12-11-,15-14-,18-17-,24-21-,32-28+/t39-,42?,43?,44?,45?,46-,47+/m1/s1. The lowest BCUT2D eigenvalue weighted by molar-refractivity contribution is -0.216. The molecule has 8 atom stereocenters. The average molecular weight is 979 g/mol. The zero-order valence-corrected chi connectivity index (χ0v) is 40.9. The molecule has 0 aromatic carbocycles. The monoisotopic (exact) mass is 978 g/mol. The van der Waals surface area contributed by atoms with Crippen LogP contribution in [-0.4, -0.2) is 109 Å². The van der Waals surface area contributed by atoms with Crippen LogP contribution in [0.1, 0.15) is 162 Å². The number of aliphatic hydroxyl groups excluding tert-OH is 4. The van der Waals surface area contributed by atoms with Gasteiger partial charge in [-0.25, -0.2) is 9.13 Å². The number of carbonyl (C=O) groups is 3. The molecule has 5 unspecified atom stereocenters. The number of rotatable bonds is 39. The van der Waals surface area contributed by atoms with E-state index in [-0.39, 0.29) is 18.6 Å². The Labute approximate surface area is 392 Å². The number of aliphatic hydroxyl groups is 4. The zero-order chi connectivity index (χ0) is 49.1. The van der Waals surface area contributed by atoms with Crippen LogP contribution in [-0.2, 0) is 46.6 Å². The number of hydrogen-bond donors (Lipinski definition) is 7. The third-order valence-corrected chi connectivity index (χ3v) is 12.0. The second kappa shape index (κ2) is 37.3. The van der Waals surface area contributed by atoms with Crippen molar-refractivity contribution >= 4 is 33.4 Å². The predicted molar refractivity (Wildman–Crippen MR) is 251 cm³/mol. The average Bonchev–Trinajstić information content (AvgIpc) is 3.27. The molecule has 0 aliphatic heterocycles. The molecule has 1 fully saturated rings. The number of phosphoric acid groups is 2. The van der Waals surface area contributed by atoms with Gasteiger partial charge in [0.05, 0.1) is 6.61 Å². The molecule has 0 spiro atoms. The number of esters is 2. The first-order valence-corrected chi connectivity index (χ1v) is 26.8. The highest BCUT2D eigenvalue weighted by Gasteiger charge is 2.54. The van der Waals surface area contributed by atoms with Gasteiger partial charge in [-0.05, 0) is 76.7 Å². The molecule has 0 aromatic heterocycles. The van der Waals surface area contributed by atoms with Gasteiger partial charge in [-0.1, -0.05) is 126 Å². The molecule has 380 valence electrons. The summed E-state index contributed by atoms with van der Waals surface area (Å²) in [6.07, 6.45) is 24.2. The van der Waals surface area contributed by atoms with Crippen molar-refractivity contribution in [2.45, 2.75) is 204 Å². The van der Waals surface area contributed by atoms with Crippen molar-refractivity contribution in [2.75, 3.05) is 13.2 Å². The van der Waals surface area contributed by atoms with Gasteiger partial charge in [0.2, 0.25) is 0 Å². The Kier molecular flexibility index (Phi) is 34.7. The van der Waals surface area contributed by atoms with Crippen LogP contribution in [0.25, 0.3) is 0 Å². The molecule has 0 heterocycles. The molecular weight excluding hydrogens is 898 g/mol. The second-order valence-corrected chi connectivity index (χ2v) is 19.1. The predicted octanol–water partition coefficient (Wildman–Crippen LogP) is 8.24. The highest BCUT2D eigenvalue weighted by atomic mass is 31.2. The fraction of sp³-hybridized carbons (Fsp3) is 0.723. The minimum absolute atomic E-state index is 0.00882. The Morgan fingerprint density at radius 2 is 1.02 bits per heavy atom. The van der Waals surface area contributed by atoms with E-state index >= 15 is 0 Å². The Hall–Kier alpha value is -2.63. The minimum Gasteiger partial charge on any atom is -0.462 e. The molecule has 0 bridgehead atoms. The van der Waals surface area contributed by atoms with Gasteiger partial charge in [0.15, 0.2) is 11.9 Å². The van der Waals surface area contributed by atoms with Crippen LogP contribution in [0.15, 0.2) is 60.8 Å². The molecule has 1 rings (SSSR count). The molecule has 0 amide bonds. The summed E-state index contributed by atoms with van der Waals surface area (Å²) in [5, 5.41) is 41.2. The van der Waals surface area contributed by atoms with Crippen LogP contribution in [0.4, 0.5) is 0 Å². The van der Waals surface area contributed by atoms with Crippen molar-refractivity contribution in [1.82, 2.24) is 0 Å². The molecule has 0 aromatic rings. The lowest BCUT2D eigenvalue weighted by Crippen LogP contribution is -2.64. The van der Waals surface area contributed by atoms with Gasteiger partial charge in [0.25, 0.3) is 0 Å². The topological polar surface area (TPSA) is 273 Å². The third kappa shape index (κ3) is 31.4. The number of hydrogen-bond acceptors (Lipinski definition) is 14. The van der Waals surface area contributed by atoms with Crippen molar-refractivity contribution in [1.29, 1.82) is 0 Å². The molecule has 17 nitrogen and oxygen atoms in total. The van der Waals surface area contributed by atoms with Crippen molar-refractivity contribution in [2.24, 2.45) is 0 Å². The maximum atomic E-state index is 13.0. The van der Waals surface area contributed by atoms with E-state index in [1.807, 2.05) is 6.08 Å². The van der Waals surface area contributed by atoms with Gasteiger partial charge in [-0.3, -0.25) is 28.0 Å². The normalized spacial score (nSPS) is 22.0.